The molecule has 1 aliphatic carbocycles. The molecule has 1 aromatic heterocycles. The summed E-state index contributed by atoms with van der Waals surface area (Å²) in [4.78, 5) is 16.9. The summed E-state index contributed by atoms with van der Waals surface area (Å²) in [5.74, 6) is 0.662. The molecule has 3 aromatic rings. The number of rotatable bonds is 5. The number of aryl methyl sites for hydroxylation is 1. The molecule has 4 nitrogen and oxygen atoms in total. The number of nitrogens with zero attached hydrogens (tertiary/aromatic N) is 2. The first kappa shape index (κ1) is 26.7. The Labute approximate surface area is 232 Å². The number of anilines is 1. The highest BCUT2D eigenvalue weighted by Gasteiger charge is 2.43. The topological polar surface area (TPSA) is 37.3 Å². The molecule has 38 heavy (non-hydrogen) atoms. The highest BCUT2D eigenvalue weighted by molar-refractivity contribution is 8.05. The van der Waals surface area contributed by atoms with Crippen LogP contribution in [0.5, 0.6) is 0 Å². The third-order valence-electron chi connectivity index (χ3n) is 8.17. The van der Waals surface area contributed by atoms with Gasteiger partial charge in [-0.2, -0.15) is 0 Å². The maximum absolute atomic E-state index is 13.9. The highest BCUT2D eigenvalue weighted by Crippen LogP contribution is 2.42. The van der Waals surface area contributed by atoms with E-state index >= 15 is 0 Å². The summed E-state index contributed by atoms with van der Waals surface area (Å²) in [6, 6.07) is 21.6. The van der Waals surface area contributed by atoms with Gasteiger partial charge in [0.15, 0.2) is 5.50 Å². The summed E-state index contributed by atoms with van der Waals surface area (Å²) in [5, 5.41) is 3.65. The highest BCUT2D eigenvalue weighted by atomic mass is 32.2. The molecular formula is C33H41N3OS. The zero-order chi connectivity index (χ0) is 27.0. The molecule has 1 aliphatic heterocycles. The second kappa shape index (κ2) is 10.7. The summed E-state index contributed by atoms with van der Waals surface area (Å²) in [6.45, 7) is 13.3. The van der Waals surface area contributed by atoms with E-state index in [-0.39, 0.29) is 22.9 Å². The van der Waals surface area contributed by atoms with Gasteiger partial charge in [-0.05, 0) is 85.6 Å². The van der Waals surface area contributed by atoms with Gasteiger partial charge in [0.05, 0.1) is 4.91 Å². The van der Waals surface area contributed by atoms with Crippen molar-refractivity contribution in [2.45, 2.75) is 84.2 Å². The van der Waals surface area contributed by atoms with Crippen molar-refractivity contribution >= 4 is 29.4 Å². The van der Waals surface area contributed by atoms with E-state index in [2.05, 4.69) is 105 Å². The molecule has 5 rings (SSSR count). The average molecular weight is 528 g/mol. The number of carbonyl (C=O) groups excluding carboxylic acids is 1. The molecule has 1 N–H and O–H groups in total. The number of aromatic nitrogens is 1. The Kier molecular flexibility index (Phi) is 7.50. The first-order valence-electron chi connectivity index (χ1n) is 14.0. The maximum Gasteiger partial charge on any atom is 0.262 e. The average Bonchev–Trinajstić information content (AvgIpc) is 3.34. The summed E-state index contributed by atoms with van der Waals surface area (Å²) < 4.78 is 2.30. The molecule has 2 heterocycles. The van der Waals surface area contributed by atoms with Crippen molar-refractivity contribution in [2.75, 3.05) is 5.32 Å². The summed E-state index contributed by atoms with van der Waals surface area (Å²) in [7, 11) is 0. The van der Waals surface area contributed by atoms with Crippen LogP contribution in [0, 0.1) is 19.8 Å². The van der Waals surface area contributed by atoms with Crippen LogP contribution in [0.25, 0.3) is 11.8 Å². The fraction of sp³-hybridized carbons (Fsp3) is 0.424. The van der Waals surface area contributed by atoms with Crippen LogP contribution >= 0.6 is 11.8 Å². The van der Waals surface area contributed by atoms with E-state index in [9.17, 15) is 4.79 Å². The number of carbonyl (C=O) groups is 1. The second-order valence-electron chi connectivity index (χ2n) is 12.0. The Morgan fingerprint density at radius 2 is 1.66 bits per heavy atom. The lowest BCUT2D eigenvalue weighted by Gasteiger charge is -2.39. The summed E-state index contributed by atoms with van der Waals surface area (Å²) in [6.07, 6.45) is 6.82. The first-order valence-corrected chi connectivity index (χ1v) is 14.8. The number of amides is 1. The Hall–Kier alpha value is -2.92. The first-order chi connectivity index (χ1) is 18.1. The molecule has 2 aromatic carbocycles. The van der Waals surface area contributed by atoms with Crippen LogP contribution < -0.4 is 5.32 Å². The Morgan fingerprint density at radius 3 is 2.32 bits per heavy atom. The van der Waals surface area contributed by atoms with Crippen LogP contribution in [0.4, 0.5) is 5.69 Å². The molecule has 3 atom stereocenters. The molecule has 2 aliphatic rings. The van der Waals surface area contributed by atoms with Crippen LogP contribution in [-0.4, -0.2) is 26.9 Å². The van der Waals surface area contributed by atoms with Crippen LogP contribution in [-0.2, 0) is 10.2 Å². The molecule has 0 spiro atoms. The van der Waals surface area contributed by atoms with E-state index in [1.54, 1.807) is 11.8 Å². The standard InChI is InChI=1S/C33H41N3OS/c1-22-12-10-11-15-29(22)36-31(37)30(38-32(36)34-27-13-8-7-9-14-27)21-25-20-23(2)35(24(25)3)28-18-16-26(17-19-28)33(4,5)6/h7-9,13-14,16-22,29,32,34H,10-12,15H2,1-6H3/b30-21-/t22-,29+,32?/m0/s1. The van der Waals surface area contributed by atoms with Gasteiger partial charge in [0, 0.05) is 28.8 Å². The van der Waals surface area contributed by atoms with Crippen LogP contribution in [0.3, 0.4) is 0 Å². The fourth-order valence-electron chi connectivity index (χ4n) is 5.95. The number of benzene rings is 2. The number of nitrogens with one attached hydrogen (secondary N) is 1. The Bertz CT molecular complexity index is 1320. The van der Waals surface area contributed by atoms with Gasteiger partial charge >= 0.3 is 0 Å². The largest absolute Gasteiger partial charge is 0.356 e. The molecular weight excluding hydrogens is 486 g/mol. The predicted octanol–water partition coefficient (Wildman–Crippen LogP) is 8.28. The van der Waals surface area contributed by atoms with E-state index in [0.717, 1.165) is 34.0 Å². The quantitative estimate of drug-likeness (QED) is 0.339. The number of thioether (sulfide) groups is 1. The molecule has 200 valence electrons. The normalized spacial score (nSPS) is 23.3. The van der Waals surface area contributed by atoms with E-state index < -0.39 is 0 Å². The van der Waals surface area contributed by atoms with Crippen LogP contribution in [0.1, 0.15) is 75.9 Å². The molecule has 1 saturated heterocycles. The van der Waals surface area contributed by atoms with Gasteiger partial charge in [-0.25, -0.2) is 0 Å². The lowest BCUT2D eigenvalue weighted by Crippen LogP contribution is -2.48. The van der Waals surface area contributed by atoms with Gasteiger partial charge in [-0.1, -0.05) is 82.6 Å². The van der Waals surface area contributed by atoms with E-state index in [4.69, 9.17) is 0 Å². The van der Waals surface area contributed by atoms with Gasteiger partial charge in [0.1, 0.15) is 0 Å². The van der Waals surface area contributed by atoms with Crippen molar-refractivity contribution < 1.29 is 4.79 Å². The third kappa shape index (κ3) is 5.31. The van der Waals surface area contributed by atoms with Crippen molar-refractivity contribution in [3.63, 3.8) is 0 Å². The minimum atomic E-state index is -0.102. The molecule has 1 unspecified atom stereocenters. The van der Waals surface area contributed by atoms with Gasteiger partial charge in [-0.15, -0.1) is 0 Å². The third-order valence-corrected chi connectivity index (χ3v) is 9.29. The van der Waals surface area contributed by atoms with E-state index in [0.29, 0.717) is 5.92 Å². The summed E-state index contributed by atoms with van der Waals surface area (Å²) >= 11 is 1.65. The molecule has 0 radical (unpaired) electrons. The Morgan fingerprint density at radius 1 is 0.974 bits per heavy atom. The maximum atomic E-state index is 13.9. The van der Waals surface area contributed by atoms with Gasteiger partial charge in [-0.3, -0.25) is 4.79 Å². The molecule has 5 heteroatoms. The molecule has 2 fully saturated rings. The predicted molar refractivity (Wildman–Crippen MR) is 162 cm³/mol. The van der Waals surface area contributed by atoms with E-state index in [1.807, 2.05) is 18.2 Å². The van der Waals surface area contributed by atoms with Crippen LogP contribution in [0.2, 0.25) is 0 Å². The van der Waals surface area contributed by atoms with Crippen molar-refractivity contribution in [3.05, 3.63) is 88.1 Å². The van der Waals surface area contributed by atoms with Crippen molar-refractivity contribution in [2.24, 2.45) is 5.92 Å². The minimum absolute atomic E-state index is 0.102. The van der Waals surface area contributed by atoms with Gasteiger partial charge in [0.2, 0.25) is 0 Å². The fourth-order valence-corrected chi connectivity index (χ4v) is 7.15. The molecule has 1 saturated carbocycles. The number of hydrogen-bond donors (Lipinski definition) is 1. The molecule has 1 amide bonds. The lowest BCUT2D eigenvalue weighted by molar-refractivity contribution is -0.129. The monoisotopic (exact) mass is 527 g/mol. The van der Waals surface area contributed by atoms with Crippen LogP contribution in [0.15, 0.2) is 65.6 Å². The van der Waals surface area contributed by atoms with Crippen molar-refractivity contribution in [1.29, 1.82) is 0 Å². The minimum Gasteiger partial charge on any atom is -0.356 e. The number of para-hydroxylation sites is 1. The smallest absolute Gasteiger partial charge is 0.262 e. The second-order valence-corrected chi connectivity index (χ2v) is 13.1. The van der Waals surface area contributed by atoms with E-state index in [1.165, 1.54) is 30.5 Å². The van der Waals surface area contributed by atoms with Crippen molar-refractivity contribution in [3.8, 4) is 5.69 Å². The summed E-state index contributed by atoms with van der Waals surface area (Å²) in [5.41, 5.74) is 6.99. The number of hydrogen-bond acceptors (Lipinski definition) is 3. The van der Waals surface area contributed by atoms with Gasteiger partial charge in [0.25, 0.3) is 5.91 Å². The molecule has 0 bridgehead atoms. The van der Waals surface area contributed by atoms with Gasteiger partial charge < -0.3 is 14.8 Å². The Balaban J connectivity index is 1.47. The zero-order valence-corrected chi connectivity index (χ0v) is 24.4. The SMILES string of the molecule is Cc1cc(/C=C2\SC(Nc3ccccc3)N([C@@H]3CCCC[C@@H]3C)C2=O)c(C)n1-c1ccc(C(C)(C)C)cc1. The van der Waals surface area contributed by atoms with Crippen molar-refractivity contribution in [1.82, 2.24) is 9.47 Å². The zero-order valence-electron chi connectivity index (χ0n) is 23.6. The lowest BCUT2D eigenvalue weighted by atomic mass is 9.85.